The lowest BCUT2D eigenvalue weighted by molar-refractivity contribution is -0.112. The molecule has 2 saturated carbocycles. The maximum absolute atomic E-state index is 10.8. The van der Waals surface area contributed by atoms with E-state index in [1.54, 1.807) is 0 Å². The summed E-state index contributed by atoms with van der Waals surface area (Å²) in [5.41, 5.74) is 0. The molecular formula is C16H26O. The van der Waals surface area contributed by atoms with Gasteiger partial charge in [-0.2, -0.15) is 0 Å². The van der Waals surface area contributed by atoms with Crippen molar-refractivity contribution in [3.63, 3.8) is 0 Å². The van der Waals surface area contributed by atoms with Gasteiger partial charge in [-0.15, -0.1) is 0 Å². The molecule has 0 spiro atoms. The molecule has 0 radical (unpaired) electrons. The van der Waals surface area contributed by atoms with E-state index in [2.05, 4.69) is 19.1 Å². The number of hydrogen-bond donors (Lipinski definition) is 0. The second-order valence-electron chi connectivity index (χ2n) is 6.01. The summed E-state index contributed by atoms with van der Waals surface area (Å²) >= 11 is 0. The van der Waals surface area contributed by atoms with Crippen LogP contribution < -0.4 is 0 Å². The van der Waals surface area contributed by atoms with Gasteiger partial charge >= 0.3 is 0 Å². The van der Waals surface area contributed by atoms with Crippen LogP contribution in [-0.4, -0.2) is 6.29 Å². The molecule has 0 aromatic heterocycles. The van der Waals surface area contributed by atoms with E-state index in [0.29, 0.717) is 5.92 Å². The maximum atomic E-state index is 10.8. The second-order valence-corrected chi connectivity index (χ2v) is 6.01. The summed E-state index contributed by atoms with van der Waals surface area (Å²) in [7, 11) is 0. The Kier molecular flexibility index (Phi) is 4.82. The monoisotopic (exact) mass is 234 g/mol. The zero-order valence-corrected chi connectivity index (χ0v) is 11.1. The molecule has 0 atom stereocenters. The van der Waals surface area contributed by atoms with Gasteiger partial charge in [-0.3, -0.25) is 0 Å². The highest BCUT2D eigenvalue weighted by Gasteiger charge is 2.29. The summed E-state index contributed by atoms with van der Waals surface area (Å²) in [5.74, 6) is 3.12. The van der Waals surface area contributed by atoms with Gasteiger partial charge in [0.15, 0.2) is 0 Å². The van der Waals surface area contributed by atoms with Gasteiger partial charge in [0, 0.05) is 5.92 Å². The molecule has 1 nitrogen and oxygen atoms in total. The largest absolute Gasteiger partial charge is 0.303 e. The molecule has 17 heavy (non-hydrogen) atoms. The number of allylic oxidation sites excluding steroid dienone is 2. The molecule has 0 heterocycles. The van der Waals surface area contributed by atoms with Gasteiger partial charge in [-0.05, 0) is 76.0 Å². The number of carbonyl (C=O) groups excluding carboxylic acids is 1. The van der Waals surface area contributed by atoms with E-state index in [1.807, 2.05) is 0 Å². The van der Waals surface area contributed by atoms with Crippen LogP contribution in [0.25, 0.3) is 0 Å². The third kappa shape index (κ3) is 3.43. The van der Waals surface area contributed by atoms with E-state index < -0.39 is 0 Å². The first kappa shape index (κ1) is 12.9. The zero-order valence-electron chi connectivity index (χ0n) is 11.1. The molecule has 2 aliphatic carbocycles. The fourth-order valence-electron chi connectivity index (χ4n) is 3.83. The van der Waals surface area contributed by atoms with Crippen LogP contribution in [0.15, 0.2) is 12.2 Å². The van der Waals surface area contributed by atoms with Crippen LogP contribution in [0.5, 0.6) is 0 Å². The van der Waals surface area contributed by atoms with E-state index in [-0.39, 0.29) is 0 Å². The fraction of sp³-hybridized carbons (Fsp3) is 0.812. The Balaban J connectivity index is 1.76. The van der Waals surface area contributed by atoms with Crippen molar-refractivity contribution in [2.75, 3.05) is 0 Å². The number of hydrogen-bond acceptors (Lipinski definition) is 1. The first-order valence-corrected chi connectivity index (χ1v) is 7.41. The molecule has 0 aromatic carbocycles. The maximum Gasteiger partial charge on any atom is 0.123 e. The third-order valence-corrected chi connectivity index (χ3v) is 4.96. The van der Waals surface area contributed by atoms with Crippen LogP contribution in [0.4, 0.5) is 0 Å². The van der Waals surface area contributed by atoms with Gasteiger partial charge in [0.25, 0.3) is 0 Å². The Morgan fingerprint density at radius 1 is 0.765 bits per heavy atom. The highest BCUT2D eigenvalue weighted by Crippen LogP contribution is 2.41. The fourth-order valence-corrected chi connectivity index (χ4v) is 3.83. The first-order chi connectivity index (χ1) is 8.33. The van der Waals surface area contributed by atoms with Crippen LogP contribution in [0.1, 0.15) is 58.3 Å². The first-order valence-electron chi connectivity index (χ1n) is 7.41. The molecule has 2 fully saturated rings. The van der Waals surface area contributed by atoms with Crippen LogP contribution in [0.2, 0.25) is 0 Å². The van der Waals surface area contributed by atoms with Crippen molar-refractivity contribution >= 4 is 6.29 Å². The quantitative estimate of drug-likeness (QED) is 0.523. The average molecular weight is 234 g/mol. The molecular weight excluding hydrogens is 208 g/mol. The summed E-state index contributed by atoms with van der Waals surface area (Å²) in [5, 5.41) is 0. The molecule has 0 amide bonds. The molecule has 2 aliphatic rings. The summed E-state index contributed by atoms with van der Waals surface area (Å²) in [6.45, 7) is 2.13. The molecule has 96 valence electrons. The lowest BCUT2D eigenvalue weighted by Crippen LogP contribution is -2.25. The van der Waals surface area contributed by atoms with Crippen molar-refractivity contribution in [2.45, 2.75) is 58.3 Å². The molecule has 1 heteroatoms. The van der Waals surface area contributed by atoms with Crippen LogP contribution >= 0.6 is 0 Å². The predicted molar refractivity (Wildman–Crippen MR) is 71.8 cm³/mol. The van der Waals surface area contributed by atoms with Crippen molar-refractivity contribution in [1.82, 2.24) is 0 Å². The zero-order chi connectivity index (χ0) is 12.1. The van der Waals surface area contributed by atoms with Crippen molar-refractivity contribution < 1.29 is 4.79 Å². The molecule has 0 aromatic rings. The van der Waals surface area contributed by atoms with Crippen LogP contribution in [-0.2, 0) is 4.79 Å². The molecule has 0 unspecified atom stereocenters. The Labute approximate surface area is 106 Å². The van der Waals surface area contributed by atoms with E-state index in [4.69, 9.17) is 0 Å². The van der Waals surface area contributed by atoms with Crippen molar-refractivity contribution in [1.29, 1.82) is 0 Å². The van der Waals surface area contributed by atoms with Crippen molar-refractivity contribution in [2.24, 2.45) is 23.7 Å². The Morgan fingerprint density at radius 3 is 1.65 bits per heavy atom. The van der Waals surface area contributed by atoms with E-state index in [1.165, 1.54) is 44.8 Å². The van der Waals surface area contributed by atoms with E-state index in [9.17, 15) is 4.79 Å². The summed E-state index contributed by atoms with van der Waals surface area (Å²) in [4.78, 5) is 10.8. The molecule has 2 rings (SSSR count). The molecule has 0 bridgehead atoms. The SMILES string of the molecule is C/C=C/C1CCC(C2CCC(C=O)CC2)CC1. The average Bonchev–Trinajstić information content (AvgIpc) is 2.40. The van der Waals surface area contributed by atoms with Gasteiger partial charge < -0.3 is 4.79 Å². The van der Waals surface area contributed by atoms with E-state index >= 15 is 0 Å². The molecule has 0 N–H and O–H groups in total. The van der Waals surface area contributed by atoms with Gasteiger partial charge in [0.05, 0.1) is 0 Å². The number of rotatable bonds is 3. The Hall–Kier alpha value is -0.590. The van der Waals surface area contributed by atoms with Gasteiger partial charge in [-0.25, -0.2) is 0 Å². The standard InChI is InChI=1S/C16H26O/c1-2-3-13-4-8-15(9-5-13)16-10-6-14(12-17)7-11-16/h2-3,12-16H,4-11H2,1H3/b3-2+. The normalized spacial score (nSPS) is 39.4. The molecule has 0 saturated heterocycles. The van der Waals surface area contributed by atoms with Gasteiger partial charge in [0.1, 0.15) is 6.29 Å². The minimum atomic E-state index is 0.380. The number of carbonyl (C=O) groups is 1. The summed E-state index contributed by atoms with van der Waals surface area (Å²) in [6.07, 6.45) is 16.3. The van der Waals surface area contributed by atoms with Gasteiger partial charge in [0.2, 0.25) is 0 Å². The second kappa shape index (κ2) is 6.37. The predicted octanol–water partition coefficient (Wildman–Crippen LogP) is 4.37. The smallest absolute Gasteiger partial charge is 0.123 e. The summed E-state index contributed by atoms with van der Waals surface area (Å²) < 4.78 is 0. The van der Waals surface area contributed by atoms with Crippen LogP contribution in [0, 0.1) is 23.7 Å². The lowest BCUT2D eigenvalue weighted by Gasteiger charge is -2.36. The Morgan fingerprint density at radius 2 is 1.24 bits per heavy atom. The van der Waals surface area contributed by atoms with Gasteiger partial charge in [-0.1, -0.05) is 12.2 Å². The highest BCUT2D eigenvalue weighted by atomic mass is 16.1. The third-order valence-electron chi connectivity index (χ3n) is 4.96. The molecule has 0 aliphatic heterocycles. The minimum Gasteiger partial charge on any atom is -0.303 e. The topological polar surface area (TPSA) is 17.1 Å². The van der Waals surface area contributed by atoms with E-state index in [0.717, 1.165) is 30.6 Å². The Bertz CT molecular complexity index is 253. The van der Waals surface area contributed by atoms with Crippen molar-refractivity contribution in [3.05, 3.63) is 12.2 Å². The highest BCUT2D eigenvalue weighted by molar-refractivity contribution is 5.53. The number of aldehydes is 1. The van der Waals surface area contributed by atoms with Crippen LogP contribution in [0.3, 0.4) is 0 Å². The summed E-state index contributed by atoms with van der Waals surface area (Å²) in [6, 6.07) is 0. The van der Waals surface area contributed by atoms with Crippen molar-refractivity contribution in [3.8, 4) is 0 Å². The lowest BCUT2D eigenvalue weighted by atomic mass is 9.69. The minimum absolute atomic E-state index is 0.380.